The van der Waals surface area contributed by atoms with E-state index in [0.717, 1.165) is 32.1 Å². The number of benzene rings is 1. The zero-order valence-corrected chi connectivity index (χ0v) is 14.3. The van der Waals surface area contributed by atoms with E-state index >= 15 is 0 Å². The van der Waals surface area contributed by atoms with Crippen LogP contribution in [-0.2, 0) is 25.5 Å². The third-order valence-electron chi connectivity index (χ3n) is 3.33. The fraction of sp³-hybridized carbons (Fsp3) is 0.647. The van der Waals surface area contributed by atoms with Crippen LogP contribution in [0.5, 0.6) is 0 Å². The van der Waals surface area contributed by atoms with E-state index in [9.17, 15) is 8.42 Å². The summed E-state index contributed by atoms with van der Waals surface area (Å²) < 4.78 is 31.6. The van der Waals surface area contributed by atoms with E-state index in [4.69, 9.17) is 4.74 Å². The fourth-order valence-corrected chi connectivity index (χ4v) is 2.57. The van der Waals surface area contributed by atoms with Crippen LogP contribution < -0.4 is 0 Å². The molecule has 0 saturated carbocycles. The minimum atomic E-state index is -3.30. The summed E-state index contributed by atoms with van der Waals surface area (Å²) >= 11 is 0. The summed E-state index contributed by atoms with van der Waals surface area (Å²) in [5, 5.41) is 0. The summed E-state index contributed by atoms with van der Waals surface area (Å²) in [7, 11) is -3.30. The number of rotatable bonds is 13. The van der Waals surface area contributed by atoms with Crippen LogP contribution in [-0.4, -0.2) is 34.5 Å². The topological polar surface area (TPSA) is 52.6 Å². The molecule has 0 atom stereocenters. The Kier molecular flexibility index (Phi) is 10.1. The van der Waals surface area contributed by atoms with Gasteiger partial charge >= 0.3 is 0 Å². The van der Waals surface area contributed by atoms with Crippen molar-refractivity contribution in [3.8, 4) is 0 Å². The smallest absolute Gasteiger partial charge is 0.264 e. The van der Waals surface area contributed by atoms with E-state index in [1.54, 1.807) is 0 Å². The van der Waals surface area contributed by atoms with Crippen molar-refractivity contribution in [2.75, 3.05) is 26.1 Å². The molecule has 4 nitrogen and oxygen atoms in total. The lowest BCUT2D eigenvalue weighted by Gasteiger charge is -2.05. The van der Waals surface area contributed by atoms with Gasteiger partial charge in [0.15, 0.2) is 0 Å². The maximum Gasteiger partial charge on any atom is 0.264 e. The average Bonchev–Trinajstić information content (AvgIpc) is 2.48. The fourth-order valence-electron chi connectivity index (χ4n) is 2.15. The van der Waals surface area contributed by atoms with Gasteiger partial charge in [0.05, 0.1) is 12.9 Å². The molecular weight excluding hydrogens is 300 g/mol. The Balaban J connectivity index is 1.80. The predicted octanol–water partition coefficient (Wildman–Crippen LogP) is 3.56. The lowest BCUT2D eigenvalue weighted by molar-refractivity contribution is 0.122. The quantitative estimate of drug-likeness (QED) is 0.410. The molecule has 126 valence electrons. The highest BCUT2D eigenvalue weighted by atomic mass is 32.2. The number of unbranched alkanes of at least 4 members (excludes halogenated alkanes) is 4. The van der Waals surface area contributed by atoms with E-state index in [1.807, 2.05) is 6.07 Å². The minimum absolute atomic E-state index is 0.252. The van der Waals surface area contributed by atoms with Crippen LogP contribution in [0.15, 0.2) is 30.3 Å². The van der Waals surface area contributed by atoms with Crippen LogP contribution in [0.1, 0.15) is 44.1 Å². The highest BCUT2D eigenvalue weighted by molar-refractivity contribution is 7.85. The van der Waals surface area contributed by atoms with Gasteiger partial charge < -0.3 is 4.74 Å². The first-order valence-corrected chi connectivity index (χ1v) is 9.86. The lowest BCUT2D eigenvalue weighted by Crippen LogP contribution is -2.05. The second-order valence-electron chi connectivity index (χ2n) is 5.50. The van der Waals surface area contributed by atoms with Crippen LogP contribution in [0.25, 0.3) is 0 Å². The molecule has 0 heterocycles. The van der Waals surface area contributed by atoms with E-state index < -0.39 is 10.1 Å². The third kappa shape index (κ3) is 11.7. The van der Waals surface area contributed by atoms with Crippen molar-refractivity contribution >= 4 is 10.1 Å². The van der Waals surface area contributed by atoms with Crippen molar-refractivity contribution in [2.24, 2.45) is 0 Å². The average molecular weight is 328 g/mol. The number of hydrogen-bond acceptors (Lipinski definition) is 4. The van der Waals surface area contributed by atoms with Gasteiger partial charge in [0, 0.05) is 13.2 Å². The second kappa shape index (κ2) is 11.6. The van der Waals surface area contributed by atoms with Gasteiger partial charge in [-0.25, -0.2) is 0 Å². The first-order valence-electron chi connectivity index (χ1n) is 8.04. The molecule has 1 aromatic carbocycles. The standard InChI is InChI=1S/C17H28O4S/c1-22(18,19)21-16-10-9-15-20-14-8-3-2-5-11-17-12-6-4-7-13-17/h4,6-7,12-13H,2-3,5,8-11,14-16H2,1H3. The Morgan fingerprint density at radius 1 is 0.818 bits per heavy atom. The van der Waals surface area contributed by atoms with Crippen LogP contribution in [0.2, 0.25) is 0 Å². The molecule has 0 N–H and O–H groups in total. The molecule has 0 amide bonds. The van der Waals surface area contributed by atoms with Crippen molar-refractivity contribution in [1.82, 2.24) is 0 Å². The van der Waals surface area contributed by atoms with E-state index in [1.165, 1.54) is 24.8 Å². The molecule has 1 aromatic rings. The van der Waals surface area contributed by atoms with Gasteiger partial charge in [-0.2, -0.15) is 8.42 Å². The molecule has 0 radical (unpaired) electrons. The molecular formula is C17H28O4S. The summed E-state index contributed by atoms with van der Waals surface area (Å²) in [4.78, 5) is 0. The van der Waals surface area contributed by atoms with Gasteiger partial charge in [-0.3, -0.25) is 4.18 Å². The molecule has 5 heteroatoms. The molecule has 0 bridgehead atoms. The van der Waals surface area contributed by atoms with E-state index in [-0.39, 0.29) is 6.61 Å². The van der Waals surface area contributed by atoms with Crippen molar-refractivity contribution in [3.63, 3.8) is 0 Å². The highest BCUT2D eigenvalue weighted by Gasteiger charge is 2.00. The molecule has 0 aliphatic rings. The highest BCUT2D eigenvalue weighted by Crippen LogP contribution is 2.07. The first-order chi connectivity index (χ1) is 10.6. The van der Waals surface area contributed by atoms with Gasteiger partial charge in [-0.05, 0) is 37.7 Å². The van der Waals surface area contributed by atoms with Crippen LogP contribution in [0.3, 0.4) is 0 Å². The van der Waals surface area contributed by atoms with Crippen LogP contribution >= 0.6 is 0 Å². The van der Waals surface area contributed by atoms with Crippen molar-refractivity contribution in [1.29, 1.82) is 0 Å². The van der Waals surface area contributed by atoms with Crippen molar-refractivity contribution < 1.29 is 17.3 Å². The normalized spacial score (nSPS) is 11.7. The largest absolute Gasteiger partial charge is 0.381 e. The number of hydrogen-bond donors (Lipinski definition) is 0. The zero-order chi connectivity index (χ0) is 16.1. The second-order valence-corrected chi connectivity index (χ2v) is 7.14. The predicted molar refractivity (Wildman–Crippen MR) is 89.5 cm³/mol. The Labute approximate surface area is 135 Å². The molecule has 22 heavy (non-hydrogen) atoms. The Morgan fingerprint density at radius 2 is 1.41 bits per heavy atom. The molecule has 0 saturated heterocycles. The lowest BCUT2D eigenvalue weighted by atomic mass is 10.1. The summed E-state index contributed by atoms with van der Waals surface area (Å²) in [6.07, 6.45) is 8.53. The summed E-state index contributed by atoms with van der Waals surface area (Å²) in [5.74, 6) is 0. The molecule has 0 spiro atoms. The van der Waals surface area contributed by atoms with Gasteiger partial charge in [0.2, 0.25) is 0 Å². The van der Waals surface area contributed by atoms with E-state index in [0.29, 0.717) is 13.0 Å². The molecule has 0 aliphatic heterocycles. The molecule has 0 aromatic heterocycles. The number of ether oxygens (including phenoxy) is 1. The van der Waals surface area contributed by atoms with E-state index in [2.05, 4.69) is 28.4 Å². The van der Waals surface area contributed by atoms with Crippen LogP contribution in [0.4, 0.5) is 0 Å². The molecule has 0 unspecified atom stereocenters. The van der Waals surface area contributed by atoms with Gasteiger partial charge in [0.25, 0.3) is 10.1 Å². The van der Waals surface area contributed by atoms with Crippen molar-refractivity contribution in [3.05, 3.63) is 35.9 Å². The minimum Gasteiger partial charge on any atom is -0.381 e. The molecule has 1 rings (SSSR count). The molecule has 0 fully saturated rings. The maximum atomic E-state index is 10.7. The summed E-state index contributed by atoms with van der Waals surface area (Å²) in [5.41, 5.74) is 1.41. The van der Waals surface area contributed by atoms with Gasteiger partial charge in [-0.15, -0.1) is 0 Å². The maximum absolute atomic E-state index is 10.7. The monoisotopic (exact) mass is 328 g/mol. The summed E-state index contributed by atoms with van der Waals surface area (Å²) in [6.45, 7) is 1.72. The zero-order valence-electron chi connectivity index (χ0n) is 13.5. The van der Waals surface area contributed by atoms with Gasteiger partial charge in [-0.1, -0.05) is 43.2 Å². The SMILES string of the molecule is CS(=O)(=O)OCCCCOCCCCCCc1ccccc1. The Hall–Kier alpha value is -0.910. The van der Waals surface area contributed by atoms with Crippen LogP contribution in [0, 0.1) is 0 Å². The first kappa shape index (κ1) is 19.1. The van der Waals surface area contributed by atoms with Crippen molar-refractivity contribution in [2.45, 2.75) is 44.9 Å². The number of aryl methyl sites for hydroxylation is 1. The Bertz CT molecular complexity index is 471. The van der Waals surface area contributed by atoms with Gasteiger partial charge in [0.1, 0.15) is 0 Å². The Morgan fingerprint density at radius 3 is 2.09 bits per heavy atom. The summed E-state index contributed by atoms with van der Waals surface area (Å²) in [6, 6.07) is 10.6. The molecule has 0 aliphatic carbocycles. The third-order valence-corrected chi connectivity index (χ3v) is 3.92.